The van der Waals surface area contributed by atoms with Gasteiger partial charge in [-0.3, -0.25) is 4.72 Å². The number of hydrogen-bond donors (Lipinski definition) is 3. The Morgan fingerprint density at radius 1 is 1.21 bits per heavy atom. The molecule has 1 aliphatic heterocycles. The van der Waals surface area contributed by atoms with Crippen LogP contribution >= 0.6 is 12.8 Å². The zero-order chi connectivity index (χ0) is 25.0. The lowest BCUT2D eigenvalue weighted by molar-refractivity contribution is 0.430. The number of benzene rings is 1. The molecule has 0 saturated heterocycles. The summed E-state index contributed by atoms with van der Waals surface area (Å²) in [6, 6.07) is 4.82. The molecule has 3 rings (SSSR count). The number of nitrogens with zero attached hydrogens (tertiary/aromatic N) is 1. The molecule has 0 amide bonds. The lowest BCUT2D eigenvalue weighted by Gasteiger charge is -2.28. The molecule has 0 radical (unpaired) electrons. The molecule has 0 aromatic heterocycles. The lowest BCUT2D eigenvalue weighted by atomic mass is 9.86. The Hall–Kier alpha value is -1.23. The van der Waals surface area contributed by atoms with Crippen LogP contribution in [0.25, 0.3) is 11.3 Å². The molecule has 0 bridgehead atoms. The average molecular weight is 474 g/mol. The van der Waals surface area contributed by atoms with Crippen molar-refractivity contribution in [2.75, 3.05) is 26.7 Å². The first-order valence-electron chi connectivity index (χ1n) is 13.3. The third kappa shape index (κ3) is 7.90. The zero-order valence-corrected chi connectivity index (χ0v) is 23.7. The van der Waals surface area contributed by atoms with Crippen molar-refractivity contribution in [2.45, 2.75) is 92.5 Å². The van der Waals surface area contributed by atoms with E-state index in [1.54, 1.807) is 0 Å². The lowest BCUT2D eigenvalue weighted by Crippen LogP contribution is -2.24. The number of thiol groups is 1. The summed E-state index contributed by atoms with van der Waals surface area (Å²) in [5.41, 5.74) is 8.22. The van der Waals surface area contributed by atoms with Crippen molar-refractivity contribution in [1.82, 2.24) is 14.9 Å². The van der Waals surface area contributed by atoms with Gasteiger partial charge in [0.25, 0.3) is 0 Å². The molecule has 0 spiro atoms. The number of nitrogens with one attached hydrogen (secondary N) is 2. The molecule has 2 N–H and O–H groups in total. The van der Waals surface area contributed by atoms with E-state index in [1.807, 2.05) is 27.7 Å². The number of hydrogen-bond acceptors (Lipinski definition) is 4. The Kier molecular flexibility index (Phi) is 13.5. The van der Waals surface area contributed by atoms with Crippen LogP contribution in [0.3, 0.4) is 0 Å². The van der Waals surface area contributed by atoms with Gasteiger partial charge in [-0.25, -0.2) is 0 Å². The molecule has 1 aliphatic carbocycles. The summed E-state index contributed by atoms with van der Waals surface area (Å²) < 4.78 is 3.30. The van der Waals surface area contributed by atoms with Gasteiger partial charge in [0, 0.05) is 31.4 Å². The van der Waals surface area contributed by atoms with E-state index in [4.69, 9.17) is 0 Å². The van der Waals surface area contributed by atoms with Gasteiger partial charge in [-0.15, -0.1) is 0 Å². The van der Waals surface area contributed by atoms with E-state index in [1.165, 1.54) is 40.7 Å². The second kappa shape index (κ2) is 14.9. The van der Waals surface area contributed by atoms with Crippen LogP contribution < -0.4 is 10.0 Å². The highest BCUT2D eigenvalue weighted by Crippen LogP contribution is 2.48. The minimum atomic E-state index is 0.0306. The molecule has 1 aromatic carbocycles. The van der Waals surface area contributed by atoms with E-state index in [0.29, 0.717) is 0 Å². The van der Waals surface area contributed by atoms with Crippen LogP contribution in [-0.4, -0.2) is 31.6 Å². The van der Waals surface area contributed by atoms with Gasteiger partial charge < -0.3 is 10.2 Å². The van der Waals surface area contributed by atoms with Gasteiger partial charge in [0.1, 0.15) is 0 Å². The summed E-state index contributed by atoms with van der Waals surface area (Å²) in [6.07, 6.45) is 9.25. The van der Waals surface area contributed by atoms with Crippen molar-refractivity contribution in [3.05, 3.63) is 47.0 Å². The molecule has 1 fully saturated rings. The Morgan fingerprint density at radius 2 is 1.88 bits per heavy atom. The normalized spacial score (nSPS) is 16.1. The minimum absolute atomic E-state index is 0.0306. The largest absolute Gasteiger partial charge is 0.375 e. The predicted molar refractivity (Wildman–Crippen MR) is 153 cm³/mol. The molecule has 2 aliphatic rings. The van der Waals surface area contributed by atoms with Gasteiger partial charge in [0.05, 0.1) is 5.54 Å². The summed E-state index contributed by atoms with van der Waals surface area (Å²) in [4.78, 5) is 2.36. The van der Waals surface area contributed by atoms with E-state index in [9.17, 15) is 0 Å². The average Bonchev–Trinajstić information content (AvgIpc) is 3.67. The van der Waals surface area contributed by atoms with Gasteiger partial charge in [0.2, 0.25) is 0 Å². The van der Waals surface area contributed by atoms with E-state index < -0.39 is 0 Å². The summed E-state index contributed by atoms with van der Waals surface area (Å²) in [7, 11) is 2.20. The Labute approximate surface area is 211 Å². The van der Waals surface area contributed by atoms with Gasteiger partial charge >= 0.3 is 0 Å². The van der Waals surface area contributed by atoms with E-state index >= 15 is 0 Å². The summed E-state index contributed by atoms with van der Waals surface area (Å²) in [5.74, 6) is 0.751. The van der Waals surface area contributed by atoms with Crippen molar-refractivity contribution >= 4 is 24.1 Å². The quantitative estimate of drug-likeness (QED) is 0.308. The fourth-order valence-corrected chi connectivity index (χ4v) is 4.76. The third-order valence-corrected chi connectivity index (χ3v) is 7.00. The van der Waals surface area contributed by atoms with Crippen LogP contribution in [0.4, 0.5) is 0 Å². The molecular weight excluding hydrogens is 422 g/mol. The topological polar surface area (TPSA) is 27.3 Å². The summed E-state index contributed by atoms with van der Waals surface area (Å²) in [6.45, 7) is 22.5. The van der Waals surface area contributed by atoms with E-state index in [2.05, 4.69) is 80.4 Å². The minimum Gasteiger partial charge on any atom is -0.375 e. The summed E-state index contributed by atoms with van der Waals surface area (Å²) in [5, 5.41) is 3.45. The SMILES string of the molecule is C=C(c1cc(C2(NS)CC2)cc(C2=CCNCC2)c1CC)N(C)CCCC(C)C.CC.CC. The van der Waals surface area contributed by atoms with E-state index in [-0.39, 0.29) is 5.54 Å². The van der Waals surface area contributed by atoms with Crippen LogP contribution in [-0.2, 0) is 12.0 Å². The molecule has 188 valence electrons. The molecule has 1 aromatic rings. The molecule has 4 heteroatoms. The maximum Gasteiger partial charge on any atom is 0.0531 e. The highest BCUT2D eigenvalue weighted by atomic mass is 32.1. The Bertz CT molecular complexity index is 762. The van der Waals surface area contributed by atoms with Gasteiger partial charge in [0.15, 0.2) is 0 Å². The standard InChI is InChI=1S/C25H39N3S.2C2H6/c1-6-22-23(19(4)28(5)15-7-8-18(2)3)16-21(25(27-29)11-12-25)17-24(22)20-9-13-26-14-10-20;2*1-2/h9,16-18,26-27,29H,4,6-8,10-15H2,1-3,5H3;2*1-2H3. The maximum absolute atomic E-state index is 4.54. The zero-order valence-electron chi connectivity index (χ0n) is 22.8. The van der Waals surface area contributed by atoms with Crippen molar-refractivity contribution in [3.63, 3.8) is 0 Å². The third-order valence-electron chi connectivity index (χ3n) is 6.58. The van der Waals surface area contributed by atoms with Crippen LogP contribution in [0.1, 0.15) is 103 Å². The molecule has 3 nitrogen and oxygen atoms in total. The van der Waals surface area contributed by atoms with Crippen molar-refractivity contribution in [3.8, 4) is 0 Å². The van der Waals surface area contributed by atoms with Crippen LogP contribution in [0.2, 0.25) is 0 Å². The van der Waals surface area contributed by atoms with Crippen LogP contribution in [0.5, 0.6) is 0 Å². The van der Waals surface area contributed by atoms with E-state index in [0.717, 1.165) is 56.9 Å². The van der Waals surface area contributed by atoms with Gasteiger partial charge in [-0.1, -0.05) is 73.9 Å². The predicted octanol–water partition coefficient (Wildman–Crippen LogP) is 7.44. The smallest absolute Gasteiger partial charge is 0.0531 e. The molecular formula is C29H51N3S. The van der Waals surface area contributed by atoms with Gasteiger partial charge in [-0.05, 0) is 85.4 Å². The number of rotatable bonds is 10. The Morgan fingerprint density at radius 3 is 2.36 bits per heavy atom. The highest BCUT2D eigenvalue weighted by molar-refractivity contribution is 7.78. The molecule has 33 heavy (non-hydrogen) atoms. The van der Waals surface area contributed by atoms with Crippen molar-refractivity contribution in [1.29, 1.82) is 0 Å². The fraction of sp³-hybridized carbons (Fsp3) is 0.655. The highest BCUT2D eigenvalue weighted by Gasteiger charge is 2.44. The molecule has 1 saturated carbocycles. The van der Waals surface area contributed by atoms with Crippen molar-refractivity contribution < 1.29 is 0 Å². The first-order chi connectivity index (χ1) is 15.9. The maximum atomic E-state index is 4.54. The van der Waals surface area contributed by atoms with Gasteiger partial charge in [-0.2, -0.15) is 0 Å². The molecule has 0 unspecified atom stereocenters. The molecule has 1 heterocycles. The fourth-order valence-electron chi connectivity index (χ4n) is 4.41. The molecule has 0 atom stereocenters. The summed E-state index contributed by atoms with van der Waals surface area (Å²) >= 11 is 4.47. The van der Waals surface area contributed by atoms with Crippen LogP contribution in [0.15, 0.2) is 24.8 Å². The first kappa shape index (κ1) is 29.8. The second-order valence-electron chi connectivity index (χ2n) is 9.19. The monoisotopic (exact) mass is 473 g/mol. The second-order valence-corrected chi connectivity index (χ2v) is 9.41. The Balaban J connectivity index is 0.00000129. The van der Waals surface area contributed by atoms with Crippen molar-refractivity contribution in [2.24, 2.45) is 5.92 Å². The first-order valence-corrected chi connectivity index (χ1v) is 13.8. The van der Waals surface area contributed by atoms with Crippen LogP contribution in [0, 0.1) is 5.92 Å².